The third-order valence-corrected chi connectivity index (χ3v) is 4.03. The highest BCUT2D eigenvalue weighted by Gasteiger charge is 2.42. The van der Waals surface area contributed by atoms with E-state index in [0.717, 1.165) is 12.8 Å². The molecule has 92 valence electrons. The summed E-state index contributed by atoms with van der Waals surface area (Å²) in [6, 6.07) is 0.596. The smallest absolute Gasteiger partial charge is 0.313 e. The molecule has 4 heteroatoms. The van der Waals surface area contributed by atoms with Crippen LogP contribution in [0.25, 0.3) is 0 Å². The third-order valence-electron chi connectivity index (χ3n) is 4.03. The maximum absolute atomic E-state index is 11.4. The molecule has 1 atom stereocenters. The van der Waals surface area contributed by atoms with E-state index >= 15 is 0 Å². The SMILES string of the molecule is CN(CC1(C(=O)O)CCCOC1)C1CCC1. The summed E-state index contributed by atoms with van der Waals surface area (Å²) in [7, 11) is 2.04. The van der Waals surface area contributed by atoms with Crippen LogP contribution < -0.4 is 0 Å². The van der Waals surface area contributed by atoms with Gasteiger partial charge in [0.25, 0.3) is 0 Å². The van der Waals surface area contributed by atoms with Gasteiger partial charge in [-0.2, -0.15) is 0 Å². The average Bonchev–Trinajstić information content (AvgIpc) is 2.15. The van der Waals surface area contributed by atoms with E-state index in [-0.39, 0.29) is 0 Å². The molecule has 0 aromatic carbocycles. The Labute approximate surface area is 96.6 Å². The van der Waals surface area contributed by atoms with Crippen molar-refractivity contribution in [3.05, 3.63) is 0 Å². The summed E-state index contributed by atoms with van der Waals surface area (Å²) in [5.74, 6) is -0.696. The van der Waals surface area contributed by atoms with Gasteiger partial charge in [-0.25, -0.2) is 0 Å². The Balaban J connectivity index is 1.98. The van der Waals surface area contributed by atoms with E-state index in [1.807, 2.05) is 7.05 Å². The maximum atomic E-state index is 11.4. The summed E-state index contributed by atoms with van der Waals surface area (Å²) in [6.45, 7) is 1.72. The minimum atomic E-state index is -0.696. The number of hydrogen-bond acceptors (Lipinski definition) is 3. The van der Waals surface area contributed by atoms with Gasteiger partial charge in [0.1, 0.15) is 5.41 Å². The molecule has 1 saturated carbocycles. The quantitative estimate of drug-likeness (QED) is 0.787. The number of aliphatic carboxylic acids is 1. The molecular weight excluding hydrogens is 206 g/mol. The molecule has 0 spiro atoms. The normalized spacial score (nSPS) is 31.4. The average molecular weight is 227 g/mol. The van der Waals surface area contributed by atoms with Gasteiger partial charge >= 0.3 is 5.97 Å². The predicted octanol–water partition coefficient (Wildman–Crippen LogP) is 1.35. The first-order chi connectivity index (χ1) is 7.64. The van der Waals surface area contributed by atoms with Gasteiger partial charge in [-0.1, -0.05) is 6.42 Å². The fraction of sp³-hybridized carbons (Fsp3) is 0.917. The maximum Gasteiger partial charge on any atom is 0.313 e. The molecule has 1 N–H and O–H groups in total. The Morgan fingerprint density at radius 1 is 1.50 bits per heavy atom. The number of ether oxygens (including phenoxy) is 1. The summed E-state index contributed by atoms with van der Waals surface area (Å²) in [5.41, 5.74) is -0.664. The number of carbonyl (C=O) groups is 1. The van der Waals surface area contributed by atoms with Crippen LogP contribution in [0.15, 0.2) is 0 Å². The first-order valence-corrected chi connectivity index (χ1v) is 6.15. The highest BCUT2D eigenvalue weighted by atomic mass is 16.5. The van der Waals surface area contributed by atoms with Crippen LogP contribution in [0, 0.1) is 5.41 Å². The predicted molar refractivity (Wildman–Crippen MR) is 60.4 cm³/mol. The van der Waals surface area contributed by atoms with Crippen molar-refractivity contribution in [2.75, 3.05) is 26.8 Å². The molecule has 0 aromatic heterocycles. The summed E-state index contributed by atoms with van der Waals surface area (Å²) in [5, 5.41) is 9.40. The second-order valence-electron chi connectivity index (χ2n) is 5.24. The van der Waals surface area contributed by atoms with Crippen LogP contribution in [-0.4, -0.2) is 48.8 Å². The number of nitrogens with zero attached hydrogens (tertiary/aromatic N) is 1. The summed E-state index contributed by atoms with van der Waals surface area (Å²) in [6.07, 6.45) is 5.33. The lowest BCUT2D eigenvalue weighted by atomic mass is 9.80. The van der Waals surface area contributed by atoms with Gasteiger partial charge in [0, 0.05) is 19.2 Å². The van der Waals surface area contributed by atoms with Gasteiger partial charge in [-0.05, 0) is 32.7 Å². The molecule has 1 aliphatic carbocycles. The Morgan fingerprint density at radius 2 is 2.25 bits per heavy atom. The van der Waals surface area contributed by atoms with Crippen LogP contribution in [0.5, 0.6) is 0 Å². The summed E-state index contributed by atoms with van der Waals surface area (Å²) < 4.78 is 5.37. The van der Waals surface area contributed by atoms with Gasteiger partial charge in [0.15, 0.2) is 0 Å². The van der Waals surface area contributed by atoms with Gasteiger partial charge in [0.05, 0.1) is 6.61 Å². The first kappa shape index (κ1) is 11.9. The van der Waals surface area contributed by atoms with Crippen LogP contribution in [0.4, 0.5) is 0 Å². The highest BCUT2D eigenvalue weighted by molar-refractivity contribution is 5.75. The Hall–Kier alpha value is -0.610. The topological polar surface area (TPSA) is 49.8 Å². The fourth-order valence-electron chi connectivity index (χ4n) is 2.65. The lowest BCUT2D eigenvalue weighted by Crippen LogP contribution is -2.51. The van der Waals surface area contributed by atoms with Crippen molar-refractivity contribution in [1.82, 2.24) is 4.90 Å². The summed E-state index contributed by atoms with van der Waals surface area (Å²) in [4.78, 5) is 13.6. The van der Waals surface area contributed by atoms with Crippen molar-refractivity contribution in [2.45, 2.75) is 38.1 Å². The minimum Gasteiger partial charge on any atom is -0.481 e. The van der Waals surface area contributed by atoms with Crippen molar-refractivity contribution >= 4 is 5.97 Å². The number of carboxylic acids is 1. The van der Waals surface area contributed by atoms with Gasteiger partial charge in [-0.15, -0.1) is 0 Å². The van der Waals surface area contributed by atoms with Crippen LogP contribution in [0.3, 0.4) is 0 Å². The van der Waals surface area contributed by atoms with Crippen molar-refractivity contribution in [3.63, 3.8) is 0 Å². The Kier molecular flexibility index (Phi) is 3.50. The van der Waals surface area contributed by atoms with Gasteiger partial charge in [-0.3, -0.25) is 4.79 Å². The molecule has 1 saturated heterocycles. The standard InChI is InChI=1S/C12H21NO3/c1-13(10-4-2-5-10)8-12(11(14)15)6-3-7-16-9-12/h10H,2-9H2,1H3,(H,14,15). The van der Waals surface area contributed by atoms with Crippen molar-refractivity contribution in [1.29, 1.82) is 0 Å². The molecule has 1 heterocycles. The molecule has 2 rings (SSSR count). The molecule has 0 amide bonds. The fourth-order valence-corrected chi connectivity index (χ4v) is 2.65. The molecule has 0 bridgehead atoms. The zero-order chi connectivity index (χ0) is 11.6. The van der Waals surface area contributed by atoms with E-state index in [0.29, 0.717) is 25.8 Å². The van der Waals surface area contributed by atoms with E-state index in [1.165, 1.54) is 19.3 Å². The lowest BCUT2D eigenvalue weighted by Gasteiger charge is -2.41. The lowest BCUT2D eigenvalue weighted by molar-refractivity contribution is -0.160. The molecule has 2 aliphatic rings. The number of hydrogen-bond donors (Lipinski definition) is 1. The van der Waals surface area contributed by atoms with E-state index in [1.54, 1.807) is 0 Å². The largest absolute Gasteiger partial charge is 0.481 e. The molecule has 4 nitrogen and oxygen atoms in total. The van der Waals surface area contributed by atoms with Gasteiger partial charge in [0.2, 0.25) is 0 Å². The molecule has 0 aromatic rings. The van der Waals surface area contributed by atoms with Crippen LogP contribution >= 0.6 is 0 Å². The summed E-state index contributed by atoms with van der Waals surface area (Å²) >= 11 is 0. The zero-order valence-corrected chi connectivity index (χ0v) is 9.95. The van der Waals surface area contributed by atoms with Crippen molar-refractivity contribution < 1.29 is 14.6 Å². The molecule has 1 aliphatic heterocycles. The van der Waals surface area contributed by atoms with Crippen molar-refractivity contribution in [3.8, 4) is 0 Å². The second-order valence-corrected chi connectivity index (χ2v) is 5.24. The van der Waals surface area contributed by atoms with Crippen LogP contribution in [0.2, 0.25) is 0 Å². The van der Waals surface area contributed by atoms with Gasteiger partial charge < -0.3 is 14.7 Å². The van der Waals surface area contributed by atoms with E-state index in [4.69, 9.17) is 4.74 Å². The first-order valence-electron chi connectivity index (χ1n) is 6.15. The number of rotatable bonds is 4. The van der Waals surface area contributed by atoms with E-state index in [9.17, 15) is 9.90 Å². The number of carboxylic acid groups (broad SMARTS) is 1. The van der Waals surface area contributed by atoms with E-state index in [2.05, 4.69) is 4.90 Å². The molecule has 16 heavy (non-hydrogen) atoms. The third kappa shape index (κ3) is 2.23. The van der Waals surface area contributed by atoms with Crippen LogP contribution in [-0.2, 0) is 9.53 Å². The molecule has 2 fully saturated rings. The van der Waals surface area contributed by atoms with Crippen LogP contribution in [0.1, 0.15) is 32.1 Å². The van der Waals surface area contributed by atoms with E-state index < -0.39 is 11.4 Å². The minimum absolute atomic E-state index is 0.374. The Morgan fingerprint density at radius 3 is 2.69 bits per heavy atom. The highest BCUT2D eigenvalue weighted by Crippen LogP contribution is 2.33. The molecule has 1 unspecified atom stereocenters. The Bertz CT molecular complexity index is 257. The molecular formula is C12H21NO3. The monoisotopic (exact) mass is 227 g/mol. The zero-order valence-electron chi connectivity index (χ0n) is 9.95. The molecule has 0 radical (unpaired) electrons. The second kappa shape index (κ2) is 4.72. The van der Waals surface area contributed by atoms with Crippen molar-refractivity contribution in [2.24, 2.45) is 5.41 Å².